The molecule has 8 heteroatoms. The number of nitrogens with one attached hydrogen (secondary N) is 2. The lowest BCUT2D eigenvalue weighted by Crippen LogP contribution is -2.33. The number of ether oxygens (including phenoxy) is 1. The van der Waals surface area contributed by atoms with Crippen LogP contribution in [0.15, 0.2) is 24.3 Å². The molecule has 24 heavy (non-hydrogen) atoms. The van der Waals surface area contributed by atoms with Gasteiger partial charge in [0.15, 0.2) is 0 Å². The molecule has 0 bridgehead atoms. The molecule has 0 aromatic heterocycles. The highest BCUT2D eigenvalue weighted by molar-refractivity contribution is 7.88. The second-order valence-corrected chi connectivity index (χ2v) is 8.04. The van der Waals surface area contributed by atoms with Crippen LogP contribution in [0.3, 0.4) is 0 Å². The van der Waals surface area contributed by atoms with Crippen LogP contribution in [0.2, 0.25) is 5.02 Å². The normalized spacial score (nSPS) is 13.0. The molecule has 136 valence electrons. The van der Waals surface area contributed by atoms with Gasteiger partial charge < -0.3 is 10.1 Å². The average Bonchev–Trinajstić information content (AvgIpc) is 2.45. The number of hydrogen-bond acceptors (Lipinski definition) is 4. The summed E-state index contributed by atoms with van der Waals surface area (Å²) in [5, 5.41) is 3.32. The molecule has 0 saturated heterocycles. The van der Waals surface area contributed by atoms with E-state index in [9.17, 15) is 13.2 Å². The third kappa shape index (κ3) is 9.22. The summed E-state index contributed by atoms with van der Waals surface area (Å²) in [5.41, 5.74) is 0.683. The predicted molar refractivity (Wildman–Crippen MR) is 95.5 cm³/mol. The van der Waals surface area contributed by atoms with E-state index in [1.807, 2.05) is 13.8 Å². The van der Waals surface area contributed by atoms with Crippen molar-refractivity contribution in [3.63, 3.8) is 0 Å². The maximum absolute atomic E-state index is 12.1. The quantitative estimate of drug-likeness (QED) is 0.613. The molecule has 0 spiro atoms. The lowest BCUT2D eigenvalue weighted by Gasteiger charge is -2.18. The molecular formula is C16H25ClN2O4S. The van der Waals surface area contributed by atoms with Gasteiger partial charge in [0.2, 0.25) is 15.9 Å². The summed E-state index contributed by atoms with van der Waals surface area (Å²) >= 11 is 5.85. The Bertz CT molecular complexity index is 617. The van der Waals surface area contributed by atoms with Gasteiger partial charge in [0, 0.05) is 24.6 Å². The highest BCUT2D eigenvalue weighted by Gasteiger charge is 2.19. The number of carbonyl (C=O) groups excluding carboxylic acids is 1. The van der Waals surface area contributed by atoms with Crippen molar-refractivity contribution in [3.8, 4) is 0 Å². The van der Waals surface area contributed by atoms with Crippen molar-refractivity contribution in [1.82, 2.24) is 10.0 Å². The van der Waals surface area contributed by atoms with E-state index in [2.05, 4.69) is 10.0 Å². The van der Waals surface area contributed by atoms with Crippen LogP contribution in [0.1, 0.15) is 38.3 Å². The van der Waals surface area contributed by atoms with Gasteiger partial charge in [-0.3, -0.25) is 4.79 Å². The smallest absolute Gasteiger partial charge is 0.221 e. The minimum atomic E-state index is -3.45. The number of rotatable bonds is 10. The van der Waals surface area contributed by atoms with Crippen molar-refractivity contribution in [2.24, 2.45) is 0 Å². The Hall–Kier alpha value is -1.15. The molecule has 2 N–H and O–H groups in total. The lowest BCUT2D eigenvalue weighted by atomic mass is 10.0. The van der Waals surface area contributed by atoms with Gasteiger partial charge in [-0.05, 0) is 38.0 Å². The fraction of sp³-hybridized carbons (Fsp3) is 0.562. The number of benzene rings is 1. The van der Waals surface area contributed by atoms with Crippen LogP contribution in [-0.2, 0) is 19.6 Å². The topological polar surface area (TPSA) is 84.5 Å². The van der Waals surface area contributed by atoms with E-state index in [1.54, 1.807) is 24.3 Å². The highest BCUT2D eigenvalue weighted by Crippen LogP contribution is 2.20. The molecule has 0 fully saturated rings. The summed E-state index contributed by atoms with van der Waals surface area (Å²) in [6.07, 6.45) is 1.94. The SMILES string of the molecule is CC(C)OCCCNC(=O)C[C@H](NS(C)(=O)=O)c1ccc(Cl)cc1. The minimum Gasteiger partial charge on any atom is -0.379 e. The second kappa shape index (κ2) is 9.98. The van der Waals surface area contributed by atoms with Crippen molar-refractivity contribution in [2.75, 3.05) is 19.4 Å². The van der Waals surface area contributed by atoms with Crippen LogP contribution in [-0.4, -0.2) is 39.8 Å². The van der Waals surface area contributed by atoms with E-state index in [4.69, 9.17) is 16.3 Å². The largest absolute Gasteiger partial charge is 0.379 e. The van der Waals surface area contributed by atoms with Crippen molar-refractivity contribution in [1.29, 1.82) is 0 Å². The Labute approximate surface area is 149 Å². The summed E-state index contributed by atoms with van der Waals surface area (Å²) in [6, 6.07) is 6.10. The Balaban J connectivity index is 2.58. The third-order valence-electron chi connectivity index (χ3n) is 3.11. The van der Waals surface area contributed by atoms with Crippen LogP contribution >= 0.6 is 11.6 Å². The van der Waals surface area contributed by atoms with E-state index in [1.165, 1.54) is 0 Å². The summed E-state index contributed by atoms with van der Waals surface area (Å²) in [5.74, 6) is -0.226. The van der Waals surface area contributed by atoms with Gasteiger partial charge in [0.25, 0.3) is 0 Å². The number of sulfonamides is 1. The molecule has 0 heterocycles. The number of amides is 1. The van der Waals surface area contributed by atoms with Gasteiger partial charge >= 0.3 is 0 Å². The first-order valence-electron chi connectivity index (χ1n) is 7.78. The van der Waals surface area contributed by atoms with E-state index in [0.717, 1.165) is 6.26 Å². The standard InChI is InChI=1S/C16H25ClN2O4S/c1-12(2)23-10-4-9-18-16(20)11-15(19-24(3,21)22)13-5-7-14(17)8-6-13/h5-8,12,15,19H,4,9-11H2,1-3H3,(H,18,20)/t15-/m0/s1. The first-order valence-corrected chi connectivity index (χ1v) is 10.1. The predicted octanol–water partition coefficient (Wildman–Crippen LogP) is 2.25. The molecule has 1 aromatic rings. The van der Waals surface area contributed by atoms with Crippen molar-refractivity contribution >= 4 is 27.5 Å². The van der Waals surface area contributed by atoms with Crippen LogP contribution in [0.4, 0.5) is 0 Å². The van der Waals surface area contributed by atoms with Crippen molar-refractivity contribution in [3.05, 3.63) is 34.9 Å². The van der Waals surface area contributed by atoms with Gasteiger partial charge in [-0.2, -0.15) is 0 Å². The van der Waals surface area contributed by atoms with Gasteiger partial charge in [0.05, 0.1) is 18.4 Å². The van der Waals surface area contributed by atoms with Crippen LogP contribution < -0.4 is 10.0 Å². The molecule has 1 rings (SSSR count). The zero-order valence-corrected chi connectivity index (χ0v) is 15.8. The minimum absolute atomic E-state index is 0.0136. The van der Waals surface area contributed by atoms with E-state index in [-0.39, 0.29) is 18.4 Å². The molecular weight excluding hydrogens is 352 g/mol. The van der Waals surface area contributed by atoms with Gasteiger partial charge in [-0.1, -0.05) is 23.7 Å². The third-order valence-corrected chi connectivity index (χ3v) is 4.08. The fourth-order valence-corrected chi connectivity index (χ4v) is 2.92. The van der Waals surface area contributed by atoms with Gasteiger partial charge in [-0.15, -0.1) is 0 Å². The Morgan fingerprint density at radius 1 is 1.25 bits per heavy atom. The Kier molecular flexibility index (Phi) is 8.69. The van der Waals surface area contributed by atoms with E-state index < -0.39 is 16.1 Å². The number of hydrogen-bond donors (Lipinski definition) is 2. The molecule has 1 atom stereocenters. The van der Waals surface area contributed by atoms with Crippen LogP contribution in [0.25, 0.3) is 0 Å². The van der Waals surface area contributed by atoms with E-state index in [0.29, 0.717) is 30.2 Å². The molecule has 0 aliphatic carbocycles. The zero-order valence-electron chi connectivity index (χ0n) is 14.2. The van der Waals surface area contributed by atoms with Gasteiger partial charge in [0.1, 0.15) is 0 Å². The second-order valence-electron chi connectivity index (χ2n) is 5.82. The Morgan fingerprint density at radius 2 is 1.88 bits per heavy atom. The number of carbonyl (C=O) groups is 1. The molecule has 0 aliphatic rings. The number of halogens is 1. The van der Waals surface area contributed by atoms with E-state index >= 15 is 0 Å². The van der Waals surface area contributed by atoms with Crippen molar-refractivity contribution < 1.29 is 17.9 Å². The first-order chi connectivity index (χ1) is 11.2. The summed E-state index contributed by atoms with van der Waals surface area (Å²) < 4.78 is 31.0. The Morgan fingerprint density at radius 3 is 2.42 bits per heavy atom. The monoisotopic (exact) mass is 376 g/mol. The maximum Gasteiger partial charge on any atom is 0.221 e. The molecule has 6 nitrogen and oxygen atoms in total. The van der Waals surface area contributed by atoms with Crippen LogP contribution in [0.5, 0.6) is 0 Å². The molecule has 0 unspecified atom stereocenters. The average molecular weight is 377 g/mol. The molecule has 1 aromatic carbocycles. The fourth-order valence-electron chi connectivity index (χ4n) is 2.06. The molecule has 0 radical (unpaired) electrons. The molecule has 0 aliphatic heterocycles. The van der Waals surface area contributed by atoms with Crippen molar-refractivity contribution in [2.45, 2.75) is 38.8 Å². The first kappa shape index (κ1) is 20.9. The van der Waals surface area contributed by atoms with Gasteiger partial charge in [-0.25, -0.2) is 13.1 Å². The lowest BCUT2D eigenvalue weighted by molar-refractivity contribution is -0.121. The molecule has 0 saturated carbocycles. The van der Waals surface area contributed by atoms with Crippen LogP contribution in [0, 0.1) is 0 Å². The molecule has 1 amide bonds. The zero-order chi connectivity index (χ0) is 18.2. The maximum atomic E-state index is 12.1. The summed E-state index contributed by atoms with van der Waals surface area (Å²) in [6.45, 7) is 4.95. The summed E-state index contributed by atoms with van der Waals surface area (Å²) in [7, 11) is -3.45. The summed E-state index contributed by atoms with van der Waals surface area (Å²) in [4.78, 5) is 12.1. The highest BCUT2D eigenvalue weighted by atomic mass is 35.5.